The lowest BCUT2D eigenvalue weighted by atomic mass is 10.1. The van der Waals surface area contributed by atoms with Gasteiger partial charge in [-0.15, -0.1) is 0 Å². The molecule has 3 aromatic rings. The molecule has 1 aromatic heterocycles. The van der Waals surface area contributed by atoms with Crippen molar-refractivity contribution in [3.05, 3.63) is 64.7 Å². The maximum absolute atomic E-state index is 13.4. The molecule has 3 rings (SSSR count). The molecule has 0 fully saturated rings. The molecule has 0 radical (unpaired) electrons. The predicted molar refractivity (Wildman–Crippen MR) is 118 cm³/mol. The van der Waals surface area contributed by atoms with Crippen molar-refractivity contribution in [2.45, 2.75) is 52.5 Å². The molecule has 5 nitrogen and oxygen atoms in total. The smallest absolute Gasteiger partial charge is 0.266 e. The van der Waals surface area contributed by atoms with E-state index < -0.39 is 0 Å². The number of rotatable bonds is 10. The monoisotopic (exact) mass is 394 g/mol. The third-order valence-electron chi connectivity index (χ3n) is 5.24. The fourth-order valence-corrected chi connectivity index (χ4v) is 3.67. The maximum Gasteiger partial charge on any atom is 0.266 e. The molecule has 0 saturated carbocycles. The molecule has 0 saturated heterocycles. The molecule has 1 heterocycles. The topological polar surface area (TPSA) is 60.7 Å². The molecule has 0 unspecified atom stereocenters. The molecular formula is C24H32N3O2+. The molecule has 0 bridgehead atoms. The Morgan fingerprint density at radius 3 is 2.48 bits per heavy atom. The van der Waals surface area contributed by atoms with Crippen molar-refractivity contribution in [1.29, 1.82) is 0 Å². The number of fused-ring (bicyclic) bond motifs is 1. The number of benzene rings is 2. The van der Waals surface area contributed by atoms with Crippen LogP contribution in [0.3, 0.4) is 0 Å². The van der Waals surface area contributed by atoms with E-state index in [2.05, 4.69) is 19.2 Å². The van der Waals surface area contributed by atoms with Gasteiger partial charge in [0.2, 0.25) is 0 Å². The number of para-hydroxylation sites is 1. The number of nitrogens with two attached hydrogens (primary N) is 1. The number of aromatic nitrogens is 2. The van der Waals surface area contributed by atoms with Crippen molar-refractivity contribution in [2.75, 3.05) is 13.2 Å². The molecule has 2 N–H and O–H groups in total. The van der Waals surface area contributed by atoms with Crippen molar-refractivity contribution in [2.24, 2.45) is 0 Å². The van der Waals surface area contributed by atoms with Crippen molar-refractivity contribution >= 4 is 10.9 Å². The SMILES string of the molecule is CCCCC[NH2+][C@@H](CC)c1nc2ccccc2c(=O)n1-c1ccc(OCC)cc1. The molecular weight excluding hydrogens is 362 g/mol. The van der Waals surface area contributed by atoms with Crippen molar-refractivity contribution in [3.8, 4) is 11.4 Å². The highest BCUT2D eigenvalue weighted by atomic mass is 16.5. The van der Waals surface area contributed by atoms with Gasteiger partial charge in [-0.25, -0.2) is 4.98 Å². The first-order chi connectivity index (χ1) is 14.2. The Kier molecular flexibility index (Phi) is 7.42. The van der Waals surface area contributed by atoms with Gasteiger partial charge in [0, 0.05) is 6.42 Å². The van der Waals surface area contributed by atoms with Crippen LogP contribution in [-0.4, -0.2) is 22.7 Å². The molecule has 2 aromatic carbocycles. The lowest BCUT2D eigenvalue weighted by Crippen LogP contribution is -2.85. The zero-order valence-corrected chi connectivity index (χ0v) is 17.7. The van der Waals surface area contributed by atoms with Gasteiger partial charge in [0.05, 0.1) is 29.7 Å². The van der Waals surface area contributed by atoms with E-state index in [-0.39, 0.29) is 11.6 Å². The number of ether oxygens (including phenoxy) is 1. The number of quaternary nitrogens is 1. The second-order valence-electron chi connectivity index (χ2n) is 7.30. The van der Waals surface area contributed by atoms with E-state index in [1.807, 2.05) is 55.5 Å². The van der Waals surface area contributed by atoms with Crippen molar-refractivity contribution < 1.29 is 10.1 Å². The van der Waals surface area contributed by atoms with Gasteiger partial charge in [-0.2, -0.15) is 0 Å². The van der Waals surface area contributed by atoms with Crippen LogP contribution in [0.2, 0.25) is 0 Å². The van der Waals surface area contributed by atoms with Gasteiger partial charge in [0.1, 0.15) is 11.8 Å². The van der Waals surface area contributed by atoms with Crippen LogP contribution in [0.5, 0.6) is 5.75 Å². The Morgan fingerprint density at radius 2 is 1.79 bits per heavy atom. The summed E-state index contributed by atoms with van der Waals surface area (Å²) in [6.45, 7) is 7.99. The minimum absolute atomic E-state index is 0.0184. The molecule has 0 aliphatic heterocycles. The van der Waals surface area contributed by atoms with Crippen molar-refractivity contribution in [1.82, 2.24) is 9.55 Å². The van der Waals surface area contributed by atoms with Gasteiger partial charge in [-0.05, 0) is 56.2 Å². The third kappa shape index (κ3) is 4.85. The average molecular weight is 395 g/mol. The minimum atomic E-state index is -0.0184. The number of nitrogens with zero attached hydrogens (tertiary/aromatic N) is 2. The summed E-state index contributed by atoms with van der Waals surface area (Å²) in [6.07, 6.45) is 4.52. The summed E-state index contributed by atoms with van der Waals surface area (Å²) >= 11 is 0. The molecule has 0 spiro atoms. The van der Waals surface area contributed by atoms with E-state index in [0.717, 1.165) is 35.7 Å². The quantitative estimate of drug-likeness (QED) is 0.529. The first-order valence-electron chi connectivity index (χ1n) is 10.8. The highest BCUT2D eigenvalue weighted by Gasteiger charge is 2.22. The Bertz CT molecular complexity index is 980. The minimum Gasteiger partial charge on any atom is -0.494 e. The zero-order valence-electron chi connectivity index (χ0n) is 17.7. The highest BCUT2D eigenvalue weighted by Crippen LogP contribution is 2.20. The van der Waals surface area contributed by atoms with Gasteiger partial charge in [-0.1, -0.05) is 32.4 Å². The Balaban J connectivity index is 2.09. The molecule has 29 heavy (non-hydrogen) atoms. The molecule has 1 atom stereocenters. The average Bonchev–Trinajstić information content (AvgIpc) is 2.75. The normalized spacial score (nSPS) is 12.2. The summed E-state index contributed by atoms with van der Waals surface area (Å²) in [4.78, 5) is 18.4. The standard InChI is InChI=1S/C24H31N3O2/c1-4-7-10-17-25-21(5-2)23-26-22-12-9-8-11-20(22)24(28)27(23)18-13-15-19(16-14-18)29-6-3/h8-9,11-16,21,25H,4-7,10,17H2,1-3H3/p+1/t21-/m0/s1. The van der Waals surface area contributed by atoms with E-state index in [1.54, 1.807) is 4.57 Å². The maximum atomic E-state index is 13.4. The summed E-state index contributed by atoms with van der Waals surface area (Å²) in [5, 5.41) is 2.98. The second kappa shape index (κ2) is 10.2. The van der Waals surface area contributed by atoms with Crippen LogP contribution in [-0.2, 0) is 0 Å². The lowest BCUT2D eigenvalue weighted by Gasteiger charge is -2.19. The molecule has 5 heteroatoms. The molecule has 0 amide bonds. The Morgan fingerprint density at radius 1 is 1.03 bits per heavy atom. The van der Waals surface area contributed by atoms with E-state index >= 15 is 0 Å². The fourth-order valence-electron chi connectivity index (χ4n) is 3.67. The van der Waals surface area contributed by atoms with Gasteiger partial charge < -0.3 is 10.1 Å². The van der Waals surface area contributed by atoms with E-state index in [0.29, 0.717) is 12.0 Å². The van der Waals surface area contributed by atoms with Crippen LogP contribution in [0.15, 0.2) is 53.3 Å². The Labute approximate surface area is 172 Å². The fraction of sp³-hybridized carbons (Fsp3) is 0.417. The van der Waals surface area contributed by atoms with Gasteiger partial charge >= 0.3 is 0 Å². The highest BCUT2D eigenvalue weighted by molar-refractivity contribution is 5.77. The second-order valence-corrected chi connectivity index (χ2v) is 7.30. The van der Waals surface area contributed by atoms with Crippen LogP contribution in [0.4, 0.5) is 0 Å². The van der Waals surface area contributed by atoms with E-state index in [4.69, 9.17) is 9.72 Å². The first kappa shape index (κ1) is 21.1. The van der Waals surface area contributed by atoms with Crippen LogP contribution < -0.4 is 15.6 Å². The van der Waals surface area contributed by atoms with E-state index in [9.17, 15) is 4.79 Å². The van der Waals surface area contributed by atoms with Crippen LogP contribution in [0, 0.1) is 0 Å². The summed E-state index contributed by atoms with van der Waals surface area (Å²) in [5.41, 5.74) is 1.57. The van der Waals surface area contributed by atoms with Gasteiger partial charge in [0.15, 0.2) is 5.82 Å². The summed E-state index contributed by atoms with van der Waals surface area (Å²) in [5.74, 6) is 1.62. The lowest BCUT2D eigenvalue weighted by molar-refractivity contribution is -0.698. The van der Waals surface area contributed by atoms with E-state index in [1.165, 1.54) is 19.3 Å². The number of unbranched alkanes of at least 4 members (excludes halogenated alkanes) is 2. The molecule has 0 aliphatic rings. The number of hydrogen-bond donors (Lipinski definition) is 1. The van der Waals surface area contributed by atoms with Crippen LogP contribution in [0.25, 0.3) is 16.6 Å². The van der Waals surface area contributed by atoms with Gasteiger partial charge in [0.25, 0.3) is 5.56 Å². The van der Waals surface area contributed by atoms with Crippen LogP contribution in [0.1, 0.15) is 58.3 Å². The number of hydrogen-bond acceptors (Lipinski definition) is 3. The van der Waals surface area contributed by atoms with Gasteiger partial charge in [-0.3, -0.25) is 9.36 Å². The Hall–Kier alpha value is -2.66. The third-order valence-corrected chi connectivity index (χ3v) is 5.24. The zero-order chi connectivity index (χ0) is 20.6. The largest absolute Gasteiger partial charge is 0.494 e. The van der Waals surface area contributed by atoms with Crippen molar-refractivity contribution in [3.63, 3.8) is 0 Å². The predicted octanol–water partition coefficient (Wildman–Crippen LogP) is 3.99. The first-order valence-corrected chi connectivity index (χ1v) is 10.8. The summed E-state index contributed by atoms with van der Waals surface area (Å²) in [6, 6.07) is 15.4. The molecule has 154 valence electrons. The summed E-state index contributed by atoms with van der Waals surface area (Å²) < 4.78 is 7.34. The summed E-state index contributed by atoms with van der Waals surface area (Å²) in [7, 11) is 0. The molecule has 0 aliphatic carbocycles. The van der Waals surface area contributed by atoms with Crippen LogP contribution >= 0.6 is 0 Å².